The van der Waals surface area contributed by atoms with Crippen molar-refractivity contribution >= 4 is 46.6 Å². The summed E-state index contributed by atoms with van der Waals surface area (Å²) in [5.41, 5.74) is 1.05. The average Bonchev–Trinajstić information content (AvgIpc) is 2.92. The number of carbonyl (C=O) groups excluding carboxylic acids is 2. The molecule has 0 spiro atoms. The summed E-state index contributed by atoms with van der Waals surface area (Å²) in [6.07, 6.45) is -0.237. The highest BCUT2D eigenvalue weighted by molar-refractivity contribution is 7.11. The second-order valence-electron chi connectivity index (χ2n) is 5.72. The van der Waals surface area contributed by atoms with Crippen LogP contribution in [0.4, 0.5) is 0 Å². The lowest BCUT2D eigenvalue weighted by Gasteiger charge is -2.20. The van der Waals surface area contributed by atoms with Crippen molar-refractivity contribution in [1.82, 2.24) is 9.69 Å². The van der Waals surface area contributed by atoms with Crippen LogP contribution in [0, 0.1) is 5.92 Å². The second kappa shape index (κ2) is 9.17. The number of hydrogen-bond donors (Lipinski definition) is 1. The molecule has 1 aromatic carbocycles. The predicted octanol–water partition coefficient (Wildman–Crippen LogP) is 3.99. The van der Waals surface area contributed by atoms with E-state index in [-0.39, 0.29) is 26.9 Å². The molecule has 25 heavy (non-hydrogen) atoms. The fraction of sp³-hybridized carbons (Fsp3) is 0.353. The number of esters is 1. The summed E-state index contributed by atoms with van der Waals surface area (Å²) in [4.78, 5) is 24.6. The molecule has 1 amide bonds. The molecule has 1 atom stereocenters. The van der Waals surface area contributed by atoms with Crippen LogP contribution in [-0.4, -0.2) is 28.9 Å². The Morgan fingerprint density at radius 1 is 1.24 bits per heavy atom. The van der Waals surface area contributed by atoms with Crippen LogP contribution in [-0.2, 0) is 16.0 Å². The zero-order valence-corrected chi connectivity index (χ0v) is 16.1. The van der Waals surface area contributed by atoms with Crippen LogP contribution in [0.5, 0.6) is 0 Å². The highest BCUT2D eigenvalue weighted by atomic mass is 35.5. The molecule has 8 heteroatoms. The summed E-state index contributed by atoms with van der Waals surface area (Å²) in [7, 11) is 0. The third-order valence-corrected chi connectivity index (χ3v) is 5.06. The lowest BCUT2D eigenvalue weighted by atomic mass is 10.1. The van der Waals surface area contributed by atoms with Crippen molar-refractivity contribution in [2.24, 2.45) is 5.92 Å². The molecule has 1 N–H and O–H groups in total. The van der Waals surface area contributed by atoms with E-state index in [1.54, 1.807) is 13.8 Å². The van der Waals surface area contributed by atoms with Crippen LogP contribution in [0.25, 0.3) is 0 Å². The summed E-state index contributed by atoms with van der Waals surface area (Å²) in [6, 6.07) is 9.80. The monoisotopic (exact) mass is 400 g/mol. The first-order valence-electron chi connectivity index (χ1n) is 7.73. The van der Waals surface area contributed by atoms with E-state index in [1.807, 2.05) is 30.3 Å². The molecular formula is C17H18Cl2N2O3S. The van der Waals surface area contributed by atoms with Crippen LogP contribution >= 0.6 is 34.7 Å². The van der Waals surface area contributed by atoms with Crippen molar-refractivity contribution in [1.29, 1.82) is 0 Å². The van der Waals surface area contributed by atoms with Crippen molar-refractivity contribution in [3.8, 4) is 0 Å². The number of ether oxygens (including phenoxy) is 1. The van der Waals surface area contributed by atoms with Crippen molar-refractivity contribution in [2.75, 3.05) is 6.54 Å². The number of amides is 1. The molecule has 0 radical (unpaired) electrons. The van der Waals surface area contributed by atoms with E-state index in [2.05, 4.69) is 9.69 Å². The molecular weight excluding hydrogens is 383 g/mol. The van der Waals surface area contributed by atoms with E-state index in [0.717, 1.165) is 17.1 Å². The molecule has 1 aromatic heterocycles. The molecule has 2 aromatic rings. The number of benzene rings is 1. The zero-order valence-electron chi connectivity index (χ0n) is 13.8. The molecule has 0 aliphatic heterocycles. The molecule has 0 bridgehead atoms. The zero-order chi connectivity index (χ0) is 18.4. The molecule has 0 aliphatic rings. The number of nitrogens with one attached hydrogen (secondary N) is 1. The largest absolute Gasteiger partial charge is 0.447 e. The fourth-order valence-electron chi connectivity index (χ4n) is 2.12. The van der Waals surface area contributed by atoms with Gasteiger partial charge in [0.25, 0.3) is 5.91 Å². The summed E-state index contributed by atoms with van der Waals surface area (Å²) in [6.45, 7) is 4.04. The maximum atomic E-state index is 12.4. The van der Waals surface area contributed by atoms with E-state index in [1.165, 1.54) is 0 Å². The van der Waals surface area contributed by atoms with Gasteiger partial charge in [0, 0.05) is 6.54 Å². The van der Waals surface area contributed by atoms with Crippen molar-refractivity contribution in [3.05, 3.63) is 50.9 Å². The van der Waals surface area contributed by atoms with Gasteiger partial charge in [-0.05, 0) is 29.4 Å². The molecule has 0 aliphatic carbocycles. The van der Waals surface area contributed by atoms with Gasteiger partial charge in [0.2, 0.25) is 0 Å². The number of rotatable bonds is 7. The van der Waals surface area contributed by atoms with Gasteiger partial charge in [0.05, 0.1) is 0 Å². The summed E-state index contributed by atoms with van der Waals surface area (Å²) in [5, 5.41) is 2.84. The molecule has 0 saturated heterocycles. The minimum Gasteiger partial charge on any atom is -0.447 e. The van der Waals surface area contributed by atoms with Crippen LogP contribution < -0.4 is 5.32 Å². The van der Waals surface area contributed by atoms with Gasteiger partial charge < -0.3 is 10.1 Å². The normalized spacial score (nSPS) is 12.0. The Morgan fingerprint density at radius 3 is 2.48 bits per heavy atom. The first kappa shape index (κ1) is 19.7. The van der Waals surface area contributed by atoms with Gasteiger partial charge in [-0.25, -0.2) is 4.79 Å². The Morgan fingerprint density at radius 2 is 1.92 bits per heavy atom. The highest BCUT2D eigenvalue weighted by Gasteiger charge is 2.29. The van der Waals surface area contributed by atoms with E-state index in [9.17, 15) is 9.59 Å². The van der Waals surface area contributed by atoms with E-state index in [4.69, 9.17) is 27.9 Å². The Hall–Kier alpha value is -1.63. The molecule has 5 nitrogen and oxygen atoms in total. The maximum absolute atomic E-state index is 12.4. The van der Waals surface area contributed by atoms with Gasteiger partial charge in [-0.1, -0.05) is 67.4 Å². The number of halogens is 2. The lowest BCUT2D eigenvalue weighted by molar-refractivity contribution is -0.132. The summed E-state index contributed by atoms with van der Waals surface area (Å²) >= 11 is 12.6. The molecule has 0 saturated carbocycles. The standard InChI is InChI=1S/C17H18Cl2N2O3S/c1-10(2)14(24-17(23)13-12(18)15(19)25-21-13)16(22)20-9-8-11-6-4-3-5-7-11/h3-7,10,14H,8-9H2,1-2H3,(H,20,22)/t14-/m0/s1. The molecule has 0 fully saturated rings. The Labute approximate surface area is 160 Å². The van der Waals surface area contributed by atoms with Crippen LogP contribution in [0.3, 0.4) is 0 Å². The number of nitrogens with zero attached hydrogens (tertiary/aromatic N) is 1. The van der Waals surface area contributed by atoms with E-state index < -0.39 is 12.1 Å². The van der Waals surface area contributed by atoms with Gasteiger partial charge in [0.1, 0.15) is 9.36 Å². The SMILES string of the molecule is CC(C)[C@H](OC(=O)c1nsc(Cl)c1Cl)C(=O)NCCc1ccccc1. The van der Waals surface area contributed by atoms with E-state index in [0.29, 0.717) is 13.0 Å². The molecule has 0 unspecified atom stereocenters. The topological polar surface area (TPSA) is 68.3 Å². The van der Waals surface area contributed by atoms with Gasteiger partial charge in [0.15, 0.2) is 11.8 Å². The van der Waals surface area contributed by atoms with Crippen molar-refractivity contribution in [3.63, 3.8) is 0 Å². The number of hydrogen-bond acceptors (Lipinski definition) is 5. The minimum atomic E-state index is -0.931. The lowest BCUT2D eigenvalue weighted by Crippen LogP contribution is -2.41. The average molecular weight is 401 g/mol. The van der Waals surface area contributed by atoms with Crippen molar-refractivity contribution < 1.29 is 14.3 Å². The summed E-state index contributed by atoms with van der Waals surface area (Å²) in [5.74, 6) is -1.31. The van der Waals surface area contributed by atoms with Crippen LogP contribution in [0.2, 0.25) is 9.36 Å². The Balaban J connectivity index is 1.94. The number of carbonyl (C=O) groups is 2. The number of aromatic nitrogens is 1. The first-order chi connectivity index (χ1) is 11.9. The first-order valence-corrected chi connectivity index (χ1v) is 9.26. The van der Waals surface area contributed by atoms with Gasteiger partial charge >= 0.3 is 5.97 Å². The fourth-order valence-corrected chi connectivity index (χ4v) is 3.10. The maximum Gasteiger partial charge on any atom is 0.360 e. The third kappa shape index (κ3) is 5.42. The van der Waals surface area contributed by atoms with Gasteiger partial charge in [-0.2, -0.15) is 4.37 Å². The minimum absolute atomic E-state index is 0.0451. The smallest absolute Gasteiger partial charge is 0.360 e. The highest BCUT2D eigenvalue weighted by Crippen LogP contribution is 2.30. The third-order valence-electron chi connectivity index (χ3n) is 3.44. The molecule has 2 rings (SSSR count). The van der Waals surface area contributed by atoms with E-state index >= 15 is 0 Å². The predicted molar refractivity (Wildman–Crippen MR) is 99.3 cm³/mol. The summed E-state index contributed by atoms with van der Waals surface area (Å²) < 4.78 is 9.38. The van der Waals surface area contributed by atoms with Crippen molar-refractivity contribution in [2.45, 2.75) is 26.4 Å². The van der Waals surface area contributed by atoms with Crippen LogP contribution in [0.15, 0.2) is 30.3 Å². The Kier molecular flexibility index (Phi) is 7.23. The molecule has 134 valence electrons. The molecule has 1 heterocycles. The Bertz CT molecular complexity index is 735. The van der Waals surface area contributed by atoms with Crippen LogP contribution in [0.1, 0.15) is 29.9 Å². The second-order valence-corrected chi connectivity index (χ2v) is 7.47. The quantitative estimate of drug-likeness (QED) is 0.713. The van der Waals surface area contributed by atoms with Gasteiger partial charge in [-0.15, -0.1) is 0 Å². The van der Waals surface area contributed by atoms with Gasteiger partial charge in [-0.3, -0.25) is 4.79 Å².